The van der Waals surface area contributed by atoms with Gasteiger partial charge in [-0.3, -0.25) is 4.90 Å². The van der Waals surface area contributed by atoms with Crippen LogP contribution in [0.3, 0.4) is 0 Å². The number of morpholine rings is 1. The summed E-state index contributed by atoms with van der Waals surface area (Å²) in [5.74, 6) is 0. The predicted molar refractivity (Wildman–Crippen MR) is 104 cm³/mol. The third-order valence-electron chi connectivity index (χ3n) is 4.89. The maximum Gasteiger partial charge on any atom is 0.282 e. The van der Waals surface area contributed by atoms with Crippen LogP contribution in [0, 0.1) is 0 Å². The molecule has 3 rings (SSSR count). The Morgan fingerprint density at radius 3 is 2.38 bits per heavy atom. The Bertz CT molecular complexity index is 663. The van der Waals surface area contributed by atoms with Crippen molar-refractivity contribution < 1.29 is 13.2 Å². The van der Waals surface area contributed by atoms with E-state index >= 15 is 0 Å². The van der Waals surface area contributed by atoms with Crippen LogP contribution in [0.15, 0.2) is 6.20 Å². The van der Waals surface area contributed by atoms with E-state index in [1.54, 1.807) is 15.6 Å². The molecular formula is C16H29N5O3S2. The van der Waals surface area contributed by atoms with Crippen LogP contribution in [0.1, 0.15) is 18.7 Å². The van der Waals surface area contributed by atoms with Crippen molar-refractivity contribution in [2.75, 3.05) is 70.5 Å². The van der Waals surface area contributed by atoms with Crippen LogP contribution >= 0.6 is 11.3 Å². The lowest BCUT2D eigenvalue weighted by atomic mass is 10.3. The molecule has 0 N–H and O–H groups in total. The topological polar surface area (TPSA) is 69.2 Å². The lowest BCUT2D eigenvalue weighted by Crippen LogP contribution is -2.52. The summed E-state index contributed by atoms with van der Waals surface area (Å²) in [6, 6.07) is 0. The van der Waals surface area contributed by atoms with E-state index in [9.17, 15) is 8.42 Å². The van der Waals surface area contributed by atoms with Crippen molar-refractivity contribution in [3.63, 3.8) is 0 Å². The van der Waals surface area contributed by atoms with Gasteiger partial charge in [-0.25, -0.2) is 4.98 Å². The predicted octanol–water partition coefficient (Wildman–Crippen LogP) is 0.684. The lowest BCUT2D eigenvalue weighted by Gasteiger charge is -2.36. The Morgan fingerprint density at radius 2 is 1.77 bits per heavy atom. The summed E-state index contributed by atoms with van der Waals surface area (Å²) in [5, 5.41) is 1.06. The third-order valence-corrected chi connectivity index (χ3v) is 8.12. The van der Waals surface area contributed by atoms with Crippen molar-refractivity contribution >= 4 is 26.7 Å². The zero-order valence-electron chi connectivity index (χ0n) is 15.6. The molecule has 10 heteroatoms. The van der Waals surface area contributed by atoms with Crippen LogP contribution in [0.4, 0.5) is 5.13 Å². The van der Waals surface area contributed by atoms with Gasteiger partial charge >= 0.3 is 0 Å². The molecule has 2 aliphatic rings. The molecule has 1 aromatic rings. The van der Waals surface area contributed by atoms with Crippen molar-refractivity contribution in [1.82, 2.24) is 18.5 Å². The minimum absolute atomic E-state index is 0.518. The monoisotopic (exact) mass is 403 g/mol. The highest BCUT2D eigenvalue weighted by atomic mass is 32.2. The van der Waals surface area contributed by atoms with E-state index < -0.39 is 10.2 Å². The molecule has 0 unspecified atom stereocenters. The third kappa shape index (κ3) is 4.55. The Balaban J connectivity index is 1.52. The van der Waals surface area contributed by atoms with Crippen LogP contribution in [0.5, 0.6) is 0 Å². The molecule has 148 valence electrons. The molecule has 0 bridgehead atoms. The average Bonchev–Trinajstić information content (AvgIpc) is 3.12. The van der Waals surface area contributed by atoms with Crippen molar-refractivity contribution in [3.05, 3.63) is 11.1 Å². The first kappa shape index (κ1) is 20.0. The zero-order valence-corrected chi connectivity index (χ0v) is 17.3. The number of rotatable bonds is 7. The van der Waals surface area contributed by atoms with Gasteiger partial charge in [-0.05, 0) is 0 Å². The SMILES string of the molecule is CCN(CC)S(=O)(=O)N1CCN(Cc2cnc(N3CCOCC3)s2)CC1. The van der Waals surface area contributed by atoms with Crippen molar-refractivity contribution in [2.24, 2.45) is 0 Å². The second-order valence-electron chi connectivity index (χ2n) is 6.48. The van der Waals surface area contributed by atoms with Gasteiger partial charge < -0.3 is 9.64 Å². The fraction of sp³-hybridized carbons (Fsp3) is 0.812. The molecule has 0 atom stereocenters. The maximum atomic E-state index is 12.6. The van der Waals surface area contributed by atoms with Gasteiger partial charge in [0.1, 0.15) is 0 Å². The van der Waals surface area contributed by atoms with Gasteiger partial charge in [-0.15, -0.1) is 11.3 Å². The quantitative estimate of drug-likeness (QED) is 0.667. The molecule has 0 amide bonds. The maximum absolute atomic E-state index is 12.6. The first-order valence-corrected chi connectivity index (χ1v) is 11.5. The summed E-state index contributed by atoms with van der Waals surface area (Å²) in [7, 11) is -3.32. The smallest absolute Gasteiger partial charge is 0.282 e. The molecular weight excluding hydrogens is 374 g/mol. The van der Waals surface area contributed by atoms with Gasteiger partial charge in [-0.1, -0.05) is 13.8 Å². The van der Waals surface area contributed by atoms with Crippen molar-refractivity contribution in [1.29, 1.82) is 0 Å². The number of piperazine rings is 1. The highest BCUT2D eigenvalue weighted by molar-refractivity contribution is 7.86. The summed E-state index contributed by atoms with van der Waals surface area (Å²) in [6.45, 7) is 11.6. The molecule has 3 heterocycles. The van der Waals surface area contributed by atoms with E-state index in [4.69, 9.17) is 4.74 Å². The summed E-state index contributed by atoms with van der Waals surface area (Å²) in [4.78, 5) is 10.4. The molecule has 0 saturated carbocycles. The van der Waals surface area contributed by atoms with Crippen LogP contribution in [-0.4, -0.2) is 92.5 Å². The largest absolute Gasteiger partial charge is 0.378 e. The molecule has 2 saturated heterocycles. The Hall–Kier alpha value is -0.780. The average molecular weight is 404 g/mol. The Labute approximate surface area is 160 Å². The molecule has 2 fully saturated rings. The normalized spacial score (nSPS) is 20.8. The number of nitrogens with zero attached hydrogens (tertiary/aromatic N) is 5. The lowest BCUT2D eigenvalue weighted by molar-refractivity contribution is 0.122. The molecule has 2 aliphatic heterocycles. The summed E-state index contributed by atoms with van der Waals surface area (Å²) >= 11 is 1.73. The van der Waals surface area contributed by atoms with Crippen molar-refractivity contribution in [2.45, 2.75) is 20.4 Å². The standard InChI is InChI=1S/C16H29N5O3S2/c1-3-20(4-2)26(22,23)21-7-5-18(6-8-21)14-15-13-17-16(25-15)19-9-11-24-12-10-19/h13H,3-12,14H2,1-2H3. The fourth-order valence-corrected chi connectivity index (χ4v) is 5.93. The zero-order chi connectivity index (χ0) is 18.6. The number of anilines is 1. The van der Waals surface area contributed by atoms with E-state index in [1.807, 2.05) is 20.0 Å². The minimum atomic E-state index is -3.32. The van der Waals surface area contributed by atoms with Gasteiger partial charge in [0.2, 0.25) is 0 Å². The summed E-state index contributed by atoms with van der Waals surface area (Å²) in [6.07, 6.45) is 1.95. The van der Waals surface area contributed by atoms with Gasteiger partial charge in [0.25, 0.3) is 10.2 Å². The van der Waals surface area contributed by atoms with Gasteiger partial charge in [0, 0.05) is 70.0 Å². The molecule has 0 spiro atoms. The number of hydrogen-bond acceptors (Lipinski definition) is 7. The summed E-state index contributed by atoms with van der Waals surface area (Å²) in [5.41, 5.74) is 0. The second kappa shape index (κ2) is 8.94. The molecule has 8 nitrogen and oxygen atoms in total. The molecule has 1 aromatic heterocycles. The number of ether oxygens (including phenoxy) is 1. The van der Waals surface area contributed by atoms with Crippen molar-refractivity contribution in [3.8, 4) is 0 Å². The van der Waals surface area contributed by atoms with Gasteiger partial charge in [0.05, 0.1) is 13.2 Å². The minimum Gasteiger partial charge on any atom is -0.378 e. The molecule has 0 radical (unpaired) electrons. The first-order valence-electron chi connectivity index (χ1n) is 9.29. The molecule has 0 aromatic carbocycles. The Kier molecular flexibility index (Phi) is 6.87. The number of thiazole rings is 1. The van der Waals surface area contributed by atoms with Gasteiger partial charge in [0.15, 0.2) is 5.13 Å². The number of aromatic nitrogens is 1. The highest BCUT2D eigenvalue weighted by Crippen LogP contribution is 2.25. The van der Waals surface area contributed by atoms with Crippen LogP contribution in [-0.2, 0) is 21.5 Å². The van der Waals surface area contributed by atoms with E-state index in [1.165, 1.54) is 9.18 Å². The second-order valence-corrected chi connectivity index (χ2v) is 9.50. The molecule has 0 aliphatic carbocycles. The number of hydrogen-bond donors (Lipinski definition) is 0. The van der Waals surface area contributed by atoms with Crippen LogP contribution in [0.25, 0.3) is 0 Å². The highest BCUT2D eigenvalue weighted by Gasteiger charge is 2.30. The Morgan fingerprint density at radius 1 is 1.12 bits per heavy atom. The molecule has 26 heavy (non-hydrogen) atoms. The fourth-order valence-electron chi connectivity index (χ4n) is 3.32. The van der Waals surface area contributed by atoms with Crippen LogP contribution in [0.2, 0.25) is 0 Å². The van der Waals surface area contributed by atoms with Crippen LogP contribution < -0.4 is 4.90 Å². The van der Waals surface area contributed by atoms with E-state index in [0.717, 1.165) is 51.1 Å². The van der Waals surface area contributed by atoms with Gasteiger partial charge in [-0.2, -0.15) is 17.0 Å². The van der Waals surface area contributed by atoms with E-state index in [2.05, 4.69) is 14.8 Å². The van der Waals surface area contributed by atoms with E-state index in [-0.39, 0.29) is 0 Å². The first-order chi connectivity index (χ1) is 12.5. The van der Waals surface area contributed by atoms with E-state index in [0.29, 0.717) is 26.2 Å². The summed E-state index contributed by atoms with van der Waals surface area (Å²) < 4.78 is 33.7.